The first-order valence-corrected chi connectivity index (χ1v) is 7.73. The van der Waals surface area contributed by atoms with Crippen LogP contribution in [-0.2, 0) is 11.8 Å². The van der Waals surface area contributed by atoms with Crippen LogP contribution in [0.25, 0.3) is 11.1 Å². The van der Waals surface area contributed by atoms with E-state index in [4.69, 9.17) is 4.42 Å². The number of nitrogens with zero attached hydrogens (tertiary/aromatic N) is 2. The normalized spacial score (nSPS) is 20.5. The highest BCUT2D eigenvalue weighted by molar-refractivity contribution is 5.95. The molecule has 24 heavy (non-hydrogen) atoms. The molecule has 124 valence electrons. The smallest absolute Gasteiger partial charge is 0.408 e. The van der Waals surface area contributed by atoms with Gasteiger partial charge in [-0.25, -0.2) is 4.79 Å². The van der Waals surface area contributed by atoms with E-state index in [0.717, 1.165) is 12.1 Å². The van der Waals surface area contributed by atoms with E-state index in [1.54, 1.807) is 29.1 Å². The Kier molecular flexibility index (Phi) is 3.46. The minimum Gasteiger partial charge on any atom is -0.408 e. The summed E-state index contributed by atoms with van der Waals surface area (Å²) in [5, 5.41) is 10.4. The first-order valence-electron chi connectivity index (χ1n) is 7.73. The average molecular weight is 327 g/mol. The summed E-state index contributed by atoms with van der Waals surface area (Å²) < 4.78 is 6.70. The van der Waals surface area contributed by atoms with Crippen molar-refractivity contribution < 1.29 is 9.21 Å². The Morgan fingerprint density at radius 2 is 2.29 bits per heavy atom. The van der Waals surface area contributed by atoms with E-state index in [2.05, 4.69) is 20.7 Å². The summed E-state index contributed by atoms with van der Waals surface area (Å²) >= 11 is 0. The summed E-state index contributed by atoms with van der Waals surface area (Å²) in [4.78, 5) is 26.5. The minimum atomic E-state index is -0.509. The Bertz CT molecular complexity index is 954. The molecule has 3 N–H and O–H groups in total. The minimum absolute atomic E-state index is 0.0564. The summed E-state index contributed by atoms with van der Waals surface area (Å²) in [6.07, 6.45) is 3.75. The number of nitrogens with one attached hydrogen (secondary N) is 3. The van der Waals surface area contributed by atoms with Crippen molar-refractivity contribution in [3.8, 4) is 0 Å². The third kappa shape index (κ3) is 2.61. The van der Waals surface area contributed by atoms with Gasteiger partial charge in [0, 0.05) is 37.9 Å². The van der Waals surface area contributed by atoms with Crippen molar-refractivity contribution >= 4 is 22.7 Å². The first-order chi connectivity index (χ1) is 11.6. The number of amides is 1. The number of hydrogen-bond donors (Lipinski definition) is 3. The van der Waals surface area contributed by atoms with Crippen LogP contribution in [0.3, 0.4) is 0 Å². The first kappa shape index (κ1) is 14.7. The van der Waals surface area contributed by atoms with E-state index in [0.29, 0.717) is 23.3 Å². The van der Waals surface area contributed by atoms with Crippen LogP contribution >= 0.6 is 0 Å². The Hall–Kier alpha value is -2.87. The fourth-order valence-electron chi connectivity index (χ4n) is 3.20. The van der Waals surface area contributed by atoms with Crippen molar-refractivity contribution in [2.45, 2.75) is 5.92 Å². The number of rotatable bonds is 3. The topological polar surface area (TPSA) is 105 Å². The fraction of sp³-hybridized carbons (Fsp3) is 0.312. The molecule has 2 atom stereocenters. The van der Waals surface area contributed by atoms with Gasteiger partial charge in [-0.2, -0.15) is 5.10 Å². The molecule has 0 spiro atoms. The van der Waals surface area contributed by atoms with Gasteiger partial charge in [-0.3, -0.25) is 14.5 Å². The molecule has 1 amide bonds. The molecule has 0 radical (unpaired) electrons. The van der Waals surface area contributed by atoms with Gasteiger partial charge in [0.1, 0.15) is 0 Å². The number of hydrogen-bond acceptors (Lipinski definition) is 5. The van der Waals surface area contributed by atoms with Gasteiger partial charge in [0.25, 0.3) is 0 Å². The van der Waals surface area contributed by atoms with E-state index in [1.807, 2.05) is 13.2 Å². The van der Waals surface area contributed by atoms with Crippen LogP contribution in [0.4, 0.5) is 5.69 Å². The van der Waals surface area contributed by atoms with E-state index in [9.17, 15) is 9.59 Å². The van der Waals surface area contributed by atoms with Gasteiger partial charge in [0.05, 0.1) is 17.6 Å². The summed E-state index contributed by atoms with van der Waals surface area (Å²) in [5.74, 6) is -0.645. The molecule has 4 rings (SSSR count). The monoisotopic (exact) mass is 327 g/mol. The highest BCUT2D eigenvalue weighted by Gasteiger charge is 2.34. The zero-order valence-electron chi connectivity index (χ0n) is 13.1. The number of anilines is 1. The lowest BCUT2D eigenvalue weighted by Gasteiger charge is -2.17. The van der Waals surface area contributed by atoms with Gasteiger partial charge in [0.2, 0.25) is 5.91 Å². The standard InChI is InChI=1S/C16H17N5O3/c1-21-8-9(5-18-21)11-6-17-7-12(11)15(22)19-10-2-3-14-13(4-10)20-16(23)24-14/h2-5,8,11-12,17H,6-7H2,1H3,(H,19,22)(H,20,23)/t11-,12+/m1/s1. The third-order valence-corrected chi connectivity index (χ3v) is 4.39. The number of oxazole rings is 1. The molecule has 8 nitrogen and oxygen atoms in total. The lowest BCUT2D eigenvalue weighted by Crippen LogP contribution is -2.28. The van der Waals surface area contributed by atoms with Crippen molar-refractivity contribution in [1.82, 2.24) is 20.1 Å². The highest BCUT2D eigenvalue weighted by atomic mass is 16.4. The molecule has 1 aromatic carbocycles. The molecule has 1 aliphatic heterocycles. The lowest BCUT2D eigenvalue weighted by molar-refractivity contribution is -0.119. The van der Waals surface area contributed by atoms with Gasteiger partial charge >= 0.3 is 5.76 Å². The second kappa shape index (κ2) is 5.64. The molecule has 1 saturated heterocycles. The maximum Gasteiger partial charge on any atom is 0.417 e. The number of aryl methyl sites for hydroxylation is 1. The number of aromatic amines is 1. The van der Waals surface area contributed by atoms with Crippen LogP contribution < -0.4 is 16.4 Å². The number of H-pyrrole nitrogens is 1. The number of carbonyl (C=O) groups is 1. The Morgan fingerprint density at radius 3 is 3.08 bits per heavy atom. The predicted molar refractivity (Wildman–Crippen MR) is 87.8 cm³/mol. The van der Waals surface area contributed by atoms with Gasteiger partial charge in [-0.15, -0.1) is 0 Å². The quantitative estimate of drug-likeness (QED) is 0.660. The Labute approximate surface area is 136 Å². The fourth-order valence-corrected chi connectivity index (χ4v) is 3.20. The number of benzene rings is 1. The highest BCUT2D eigenvalue weighted by Crippen LogP contribution is 2.29. The lowest BCUT2D eigenvalue weighted by atomic mass is 9.90. The summed E-state index contributed by atoms with van der Waals surface area (Å²) in [6, 6.07) is 5.08. The van der Waals surface area contributed by atoms with E-state index >= 15 is 0 Å². The van der Waals surface area contributed by atoms with Crippen LogP contribution in [0.1, 0.15) is 11.5 Å². The van der Waals surface area contributed by atoms with Gasteiger partial charge in [-0.05, 0) is 23.8 Å². The predicted octanol–water partition coefficient (Wildman–Crippen LogP) is 0.796. The summed E-state index contributed by atoms with van der Waals surface area (Å²) in [7, 11) is 1.86. The van der Waals surface area contributed by atoms with Crippen LogP contribution in [0.15, 0.2) is 39.8 Å². The SMILES string of the molecule is Cn1cc([C@H]2CNC[C@@H]2C(=O)Nc2ccc3oc(=O)[nH]c3c2)cn1. The Morgan fingerprint density at radius 1 is 1.42 bits per heavy atom. The largest absolute Gasteiger partial charge is 0.417 e. The molecule has 2 aromatic heterocycles. The molecule has 8 heteroatoms. The van der Waals surface area contributed by atoms with Crippen molar-refractivity contribution in [3.63, 3.8) is 0 Å². The number of carbonyl (C=O) groups excluding carboxylic acids is 1. The summed E-state index contributed by atoms with van der Waals surface area (Å²) in [6.45, 7) is 1.37. The van der Waals surface area contributed by atoms with Crippen molar-refractivity contribution in [1.29, 1.82) is 0 Å². The molecule has 0 aliphatic carbocycles. The molecular formula is C16H17N5O3. The van der Waals surface area contributed by atoms with Crippen LogP contribution in [0, 0.1) is 5.92 Å². The van der Waals surface area contributed by atoms with E-state index in [1.165, 1.54) is 0 Å². The molecular weight excluding hydrogens is 310 g/mol. The third-order valence-electron chi connectivity index (χ3n) is 4.39. The van der Waals surface area contributed by atoms with Gasteiger partial charge in [-0.1, -0.05) is 0 Å². The molecule has 0 saturated carbocycles. The van der Waals surface area contributed by atoms with Crippen molar-refractivity contribution in [2.75, 3.05) is 18.4 Å². The molecule has 1 fully saturated rings. The molecule has 3 heterocycles. The van der Waals surface area contributed by atoms with Gasteiger partial charge < -0.3 is 15.1 Å². The molecule has 0 bridgehead atoms. The van der Waals surface area contributed by atoms with E-state index in [-0.39, 0.29) is 17.7 Å². The zero-order chi connectivity index (χ0) is 16.7. The second-order valence-electron chi connectivity index (χ2n) is 6.03. The van der Waals surface area contributed by atoms with Crippen molar-refractivity contribution in [3.05, 3.63) is 46.7 Å². The van der Waals surface area contributed by atoms with E-state index < -0.39 is 5.76 Å². The maximum absolute atomic E-state index is 12.7. The number of aromatic nitrogens is 3. The van der Waals surface area contributed by atoms with Gasteiger partial charge in [0.15, 0.2) is 5.58 Å². The van der Waals surface area contributed by atoms with Crippen LogP contribution in [0.2, 0.25) is 0 Å². The van der Waals surface area contributed by atoms with Crippen molar-refractivity contribution in [2.24, 2.45) is 13.0 Å². The Balaban J connectivity index is 1.54. The zero-order valence-corrected chi connectivity index (χ0v) is 13.1. The van der Waals surface area contributed by atoms with Crippen LogP contribution in [-0.4, -0.2) is 33.8 Å². The molecule has 3 aromatic rings. The second-order valence-corrected chi connectivity index (χ2v) is 6.03. The van der Waals surface area contributed by atoms with Crippen LogP contribution in [0.5, 0.6) is 0 Å². The molecule has 0 unspecified atom stereocenters. The maximum atomic E-state index is 12.7. The summed E-state index contributed by atoms with van der Waals surface area (Å²) in [5.41, 5.74) is 2.71. The average Bonchev–Trinajstić information content (AvgIpc) is 3.24. The molecule has 1 aliphatic rings. The number of fused-ring (bicyclic) bond motifs is 1.